The molecule has 0 aromatic heterocycles. The summed E-state index contributed by atoms with van der Waals surface area (Å²) in [5, 5.41) is 10.3. The Labute approximate surface area is 136 Å². The minimum Gasteiger partial charge on any atom is -0.258 e. The monoisotopic (exact) mass is 358 g/mol. The van der Waals surface area contributed by atoms with Gasteiger partial charge in [-0.3, -0.25) is 10.1 Å². The number of sulfonamides is 1. The number of halogens is 2. The van der Waals surface area contributed by atoms with Crippen LogP contribution in [0.4, 0.5) is 5.69 Å². The van der Waals surface area contributed by atoms with Crippen molar-refractivity contribution in [1.82, 2.24) is 0 Å². The molecule has 0 aliphatic heterocycles. The maximum atomic E-state index is 12.2. The molecular formula is C13H8Cl2N2O4S. The van der Waals surface area contributed by atoms with Crippen LogP contribution in [0.15, 0.2) is 57.8 Å². The maximum absolute atomic E-state index is 12.2. The second-order valence-corrected chi connectivity index (χ2v) is 6.43. The number of benzene rings is 2. The quantitative estimate of drug-likeness (QED) is 0.474. The number of rotatable bonds is 4. The van der Waals surface area contributed by atoms with Gasteiger partial charge in [-0.05, 0) is 6.07 Å². The third-order valence-electron chi connectivity index (χ3n) is 2.62. The number of hydrogen-bond donors (Lipinski definition) is 0. The second-order valence-electron chi connectivity index (χ2n) is 4.10. The van der Waals surface area contributed by atoms with Crippen molar-refractivity contribution < 1.29 is 13.3 Å². The lowest BCUT2D eigenvalue weighted by Gasteiger charge is -2.03. The summed E-state index contributed by atoms with van der Waals surface area (Å²) in [4.78, 5) is 9.54. The third kappa shape index (κ3) is 3.62. The van der Waals surface area contributed by atoms with Gasteiger partial charge in [0.2, 0.25) is 0 Å². The van der Waals surface area contributed by atoms with E-state index in [4.69, 9.17) is 23.2 Å². The van der Waals surface area contributed by atoms with Crippen molar-refractivity contribution in [2.75, 3.05) is 0 Å². The first-order chi connectivity index (χ1) is 10.3. The molecule has 0 aliphatic rings. The highest BCUT2D eigenvalue weighted by Crippen LogP contribution is 2.28. The van der Waals surface area contributed by atoms with Crippen molar-refractivity contribution in [3.63, 3.8) is 0 Å². The predicted molar refractivity (Wildman–Crippen MR) is 84.1 cm³/mol. The highest BCUT2D eigenvalue weighted by atomic mass is 35.5. The van der Waals surface area contributed by atoms with Crippen LogP contribution in [0, 0.1) is 10.1 Å². The molecule has 6 nitrogen and oxygen atoms in total. The largest absolute Gasteiger partial charge is 0.285 e. The van der Waals surface area contributed by atoms with Crippen molar-refractivity contribution in [1.29, 1.82) is 0 Å². The maximum Gasteiger partial charge on any atom is 0.285 e. The summed E-state index contributed by atoms with van der Waals surface area (Å²) in [6.07, 6.45) is 0. The number of non-ortho nitro benzene ring substituents is 1. The fourth-order valence-corrected chi connectivity index (χ4v) is 3.39. The SMILES string of the molecule is O=[N+]([O-])c1ccc(Cl)c(S(=O)(=O)/N=C(/Cl)c2ccccc2)c1. The van der Waals surface area contributed by atoms with Gasteiger partial charge in [0.25, 0.3) is 15.7 Å². The molecular weight excluding hydrogens is 351 g/mol. The van der Waals surface area contributed by atoms with E-state index in [0.29, 0.717) is 5.56 Å². The molecule has 0 saturated carbocycles. The Morgan fingerprint density at radius 3 is 2.36 bits per heavy atom. The zero-order valence-corrected chi connectivity index (χ0v) is 13.1. The molecule has 0 radical (unpaired) electrons. The molecule has 0 heterocycles. The van der Waals surface area contributed by atoms with Crippen molar-refractivity contribution in [2.45, 2.75) is 4.90 Å². The summed E-state index contributed by atoms with van der Waals surface area (Å²) >= 11 is 11.7. The predicted octanol–water partition coefficient (Wildman–Crippen LogP) is 3.62. The highest BCUT2D eigenvalue weighted by molar-refractivity contribution is 7.90. The fraction of sp³-hybridized carbons (Fsp3) is 0. The Hall–Kier alpha value is -1.96. The summed E-state index contributed by atoms with van der Waals surface area (Å²) in [5.74, 6) is 0. The molecule has 2 aromatic rings. The summed E-state index contributed by atoms with van der Waals surface area (Å²) in [6, 6.07) is 11.3. The minimum atomic E-state index is -4.27. The number of hydrogen-bond acceptors (Lipinski definition) is 4. The van der Waals surface area contributed by atoms with Gasteiger partial charge in [-0.1, -0.05) is 53.5 Å². The molecule has 22 heavy (non-hydrogen) atoms. The van der Waals surface area contributed by atoms with Crippen LogP contribution in [-0.2, 0) is 10.0 Å². The fourth-order valence-electron chi connectivity index (χ4n) is 1.59. The van der Waals surface area contributed by atoms with E-state index >= 15 is 0 Å². The van der Waals surface area contributed by atoms with Crippen LogP contribution >= 0.6 is 23.2 Å². The first-order valence-corrected chi connectivity index (χ1v) is 8.01. The van der Waals surface area contributed by atoms with Gasteiger partial charge >= 0.3 is 0 Å². The van der Waals surface area contributed by atoms with E-state index in [1.165, 1.54) is 0 Å². The first-order valence-electron chi connectivity index (χ1n) is 5.81. The molecule has 0 atom stereocenters. The van der Waals surface area contributed by atoms with Crippen molar-refractivity contribution in [3.05, 3.63) is 69.2 Å². The summed E-state index contributed by atoms with van der Waals surface area (Å²) < 4.78 is 27.9. The van der Waals surface area contributed by atoms with Gasteiger partial charge in [-0.25, -0.2) is 0 Å². The van der Waals surface area contributed by atoms with E-state index in [-0.39, 0.29) is 10.2 Å². The van der Waals surface area contributed by atoms with E-state index in [1.54, 1.807) is 30.3 Å². The average molecular weight is 359 g/mol. The molecule has 0 unspecified atom stereocenters. The highest BCUT2D eigenvalue weighted by Gasteiger charge is 2.22. The Bertz CT molecular complexity index is 852. The van der Waals surface area contributed by atoms with Crippen molar-refractivity contribution in [2.24, 2.45) is 4.40 Å². The zero-order valence-electron chi connectivity index (χ0n) is 10.8. The van der Waals surface area contributed by atoms with Gasteiger partial charge in [0, 0.05) is 17.7 Å². The Morgan fingerprint density at radius 2 is 1.77 bits per heavy atom. The van der Waals surface area contributed by atoms with Crippen molar-refractivity contribution >= 4 is 44.1 Å². The molecule has 114 valence electrons. The molecule has 0 N–H and O–H groups in total. The third-order valence-corrected chi connectivity index (χ3v) is 4.78. The lowest BCUT2D eigenvalue weighted by atomic mass is 10.2. The Balaban J connectivity index is 2.52. The molecule has 2 aromatic carbocycles. The summed E-state index contributed by atoms with van der Waals surface area (Å²) in [7, 11) is -4.27. The number of nitrogens with zero attached hydrogens (tertiary/aromatic N) is 2. The molecule has 0 saturated heterocycles. The van der Waals surface area contributed by atoms with E-state index in [1.807, 2.05) is 0 Å². The smallest absolute Gasteiger partial charge is 0.258 e. The van der Waals surface area contributed by atoms with Gasteiger partial charge in [-0.15, -0.1) is 4.40 Å². The number of nitro groups is 1. The molecule has 0 bridgehead atoms. The molecule has 2 rings (SSSR count). The van der Waals surface area contributed by atoms with E-state index in [2.05, 4.69) is 4.40 Å². The van der Waals surface area contributed by atoms with Crippen LogP contribution in [0.1, 0.15) is 5.56 Å². The van der Waals surface area contributed by atoms with Gasteiger partial charge < -0.3 is 0 Å². The molecule has 0 fully saturated rings. The standard InChI is InChI=1S/C13H8Cl2N2O4S/c14-11-7-6-10(17(18)19)8-12(11)22(20,21)16-13(15)9-4-2-1-3-5-9/h1-8H/b16-13+. The topological polar surface area (TPSA) is 89.6 Å². The lowest BCUT2D eigenvalue weighted by Crippen LogP contribution is -2.03. The molecule has 9 heteroatoms. The van der Waals surface area contributed by atoms with Crippen molar-refractivity contribution in [3.8, 4) is 0 Å². The Morgan fingerprint density at radius 1 is 1.14 bits per heavy atom. The second kappa shape index (κ2) is 6.43. The zero-order chi connectivity index (χ0) is 16.3. The van der Waals surface area contributed by atoms with E-state index in [9.17, 15) is 18.5 Å². The van der Waals surface area contributed by atoms with Gasteiger partial charge in [-0.2, -0.15) is 8.42 Å². The van der Waals surface area contributed by atoms with Gasteiger partial charge in [0.1, 0.15) is 10.1 Å². The summed E-state index contributed by atoms with van der Waals surface area (Å²) in [6.45, 7) is 0. The molecule has 0 aliphatic carbocycles. The van der Waals surface area contributed by atoms with Gasteiger partial charge in [0.15, 0.2) is 0 Å². The summed E-state index contributed by atoms with van der Waals surface area (Å²) in [5.41, 5.74) is -0.0108. The van der Waals surface area contributed by atoms with Crippen LogP contribution in [0.3, 0.4) is 0 Å². The van der Waals surface area contributed by atoms with Crippen LogP contribution in [-0.4, -0.2) is 18.5 Å². The Kier molecular flexibility index (Phi) is 4.80. The van der Waals surface area contributed by atoms with Gasteiger partial charge in [0.05, 0.1) is 9.95 Å². The van der Waals surface area contributed by atoms with E-state index in [0.717, 1.165) is 18.2 Å². The van der Waals surface area contributed by atoms with Crippen LogP contribution in [0.25, 0.3) is 0 Å². The van der Waals surface area contributed by atoms with Crippen LogP contribution in [0.5, 0.6) is 0 Å². The lowest BCUT2D eigenvalue weighted by molar-refractivity contribution is -0.385. The first kappa shape index (κ1) is 16.4. The normalized spacial score (nSPS) is 12.2. The van der Waals surface area contributed by atoms with E-state index < -0.39 is 25.5 Å². The minimum absolute atomic E-state index is 0.174. The van der Waals surface area contributed by atoms with Crippen LogP contribution < -0.4 is 0 Å². The molecule has 0 amide bonds. The average Bonchev–Trinajstić information content (AvgIpc) is 2.47. The molecule has 0 spiro atoms. The van der Waals surface area contributed by atoms with Crippen LogP contribution in [0.2, 0.25) is 5.02 Å². The number of nitro benzene ring substituents is 1.